The topological polar surface area (TPSA) is 78.8 Å². The number of aliphatic hydroxyl groups excluding tert-OH is 2. The number of carbonyl (C=O) groups is 1. The van der Waals surface area contributed by atoms with Crippen molar-refractivity contribution in [1.82, 2.24) is 5.32 Å². The zero-order valence-electron chi connectivity index (χ0n) is 5.73. The Bertz CT molecular complexity index is 177. The first-order chi connectivity index (χ1) is 5.18. The molecule has 1 amide bonds. The molecule has 0 aromatic carbocycles. The van der Waals surface area contributed by atoms with Gasteiger partial charge >= 0.3 is 6.09 Å². The van der Waals surface area contributed by atoms with E-state index >= 15 is 0 Å². The van der Waals surface area contributed by atoms with E-state index < -0.39 is 24.4 Å². The summed E-state index contributed by atoms with van der Waals surface area (Å²) in [6.45, 7) is 0. The molecule has 0 radical (unpaired) electrons. The van der Waals surface area contributed by atoms with Crippen LogP contribution in [0.2, 0.25) is 0 Å². The molecule has 1 aliphatic carbocycles. The highest BCUT2D eigenvalue weighted by molar-refractivity contribution is 5.69. The van der Waals surface area contributed by atoms with Crippen LogP contribution in [0.3, 0.4) is 0 Å². The number of hydrogen-bond donors (Lipinski definition) is 3. The van der Waals surface area contributed by atoms with E-state index in [-0.39, 0.29) is 6.04 Å². The summed E-state index contributed by atoms with van der Waals surface area (Å²) in [6, 6.07) is -0.337. The van der Waals surface area contributed by atoms with Gasteiger partial charge in [0.25, 0.3) is 0 Å². The first-order valence-corrected chi connectivity index (χ1v) is 3.52. The molecular weight excluding hydrogens is 150 g/mol. The summed E-state index contributed by atoms with van der Waals surface area (Å²) in [7, 11) is 0. The van der Waals surface area contributed by atoms with Gasteiger partial charge in [0.2, 0.25) is 0 Å². The number of nitrogens with one attached hydrogen (secondary N) is 1. The minimum absolute atomic E-state index is 0.337. The van der Waals surface area contributed by atoms with Crippen LogP contribution in [0, 0.1) is 0 Å². The van der Waals surface area contributed by atoms with Crippen molar-refractivity contribution >= 4 is 6.09 Å². The zero-order chi connectivity index (χ0) is 8.01. The quantitative estimate of drug-likeness (QED) is 0.405. The van der Waals surface area contributed by atoms with Crippen molar-refractivity contribution in [3.05, 3.63) is 0 Å². The molecule has 0 spiro atoms. The number of carbonyl (C=O) groups excluding carboxylic acids is 1. The van der Waals surface area contributed by atoms with Crippen molar-refractivity contribution in [2.45, 2.75) is 30.8 Å². The van der Waals surface area contributed by atoms with Crippen molar-refractivity contribution < 1.29 is 19.7 Å². The fourth-order valence-electron chi connectivity index (χ4n) is 1.57. The van der Waals surface area contributed by atoms with Crippen LogP contribution in [0.5, 0.6) is 0 Å². The van der Waals surface area contributed by atoms with E-state index in [9.17, 15) is 15.0 Å². The van der Waals surface area contributed by atoms with Gasteiger partial charge in [0.15, 0.2) is 0 Å². The van der Waals surface area contributed by atoms with Gasteiger partial charge in [-0.15, -0.1) is 0 Å². The molecule has 0 aromatic rings. The Morgan fingerprint density at radius 3 is 2.82 bits per heavy atom. The van der Waals surface area contributed by atoms with Crippen molar-refractivity contribution in [3.63, 3.8) is 0 Å². The van der Waals surface area contributed by atoms with Crippen LogP contribution in [0.25, 0.3) is 0 Å². The molecule has 5 nitrogen and oxygen atoms in total. The lowest BCUT2D eigenvalue weighted by molar-refractivity contribution is -0.0174. The molecule has 11 heavy (non-hydrogen) atoms. The van der Waals surface area contributed by atoms with E-state index in [1.807, 2.05) is 0 Å². The highest BCUT2D eigenvalue weighted by atomic mass is 16.6. The SMILES string of the molecule is O=C1N[C@@H]2C[C@H](O1)[C@@H](O)[C@H]2O. The van der Waals surface area contributed by atoms with Gasteiger partial charge in [-0.1, -0.05) is 0 Å². The molecule has 5 heteroatoms. The number of ether oxygens (including phenoxy) is 1. The number of fused-ring (bicyclic) bond motifs is 2. The van der Waals surface area contributed by atoms with Gasteiger partial charge in [-0.3, -0.25) is 0 Å². The Kier molecular flexibility index (Phi) is 1.30. The minimum Gasteiger partial charge on any atom is -0.443 e. The largest absolute Gasteiger partial charge is 0.443 e. The predicted octanol–water partition coefficient (Wildman–Crippen LogP) is -1.41. The monoisotopic (exact) mass is 159 g/mol. The van der Waals surface area contributed by atoms with Crippen molar-refractivity contribution in [3.8, 4) is 0 Å². The van der Waals surface area contributed by atoms with Gasteiger partial charge < -0.3 is 20.3 Å². The summed E-state index contributed by atoms with van der Waals surface area (Å²) in [4.78, 5) is 10.7. The van der Waals surface area contributed by atoms with Crippen LogP contribution < -0.4 is 5.32 Å². The second-order valence-corrected chi connectivity index (χ2v) is 2.91. The summed E-state index contributed by atoms with van der Waals surface area (Å²) in [5.41, 5.74) is 0. The van der Waals surface area contributed by atoms with Crippen LogP contribution in [0.15, 0.2) is 0 Å². The molecular formula is C6H9NO4. The fraction of sp³-hybridized carbons (Fsp3) is 0.833. The molecule has 1 aliphatic heterocycles. The van der Waals surface area contributed by atoms with Crippen LogP contribution in [0.1, 0.15) is 6.42 Å². The molecule has 2 fully saturated rings. The number of amides is 1. The maximum Gasteiger partial charge on any atom is 0.407 e. The van der Waals surface area contributed by atoms with E-state index in [0.29, 0.717) is 6.42 Å². The molecule has 62 valence electrons. The minimum atomic E-state index is -0.932. The van der Waals surface area contributed by atoms with E-state index in [1.54, 1.807) is 0 Å². The number of alkyl carbamates (subject to hydrolysis) is 1. The van der Waals surface area contributed by atoms with E-state index in [2.05, 4.69) is 5.32 Å². The molecule has 0 aromatic heterocycles. The van der Waals surface area contributed by atoms with Crippen LogP contribution >= 0.6 is 0 Å². The fourth-order valence-corrected chi connectivity index (χ4v) is 1.57. The van der Waals surface area contributed by atoms with Gasteiger partial charge in [0.05, 0.1) is 6.04 Å². The molecule has 1 heterocycles. The normalized spacial score (nSPS) is 48.4. The summed E-state index contributed by atoms with van der Waals surface area (Å²) in [6.07, 6.45) is -2.40. The average molecular weight is 159 g/mol. The predicted molar refractivity (Wildman–Crippen MR) is 33.8 cm³/mol. The standard InChI is InChI=1S/C6H9NO4/c8-4-2-1-3(5(4)9)11-6(10)7-2/h2-5,8-9H,1H2,(H,7,10)/t2-,3+,4+,5-/m1/s1. The molecule has 4 atom stereocenters. The summed E-state index contributed by atoms with van der Waals surface area (Å²) >= 11 is 0. The second kappa shape index (κ2) is 2.09. The Labute approximate surface area is 63.0 Å². The molecule has 1 saturated carbocycles. The first-order valence-electron chi connectivity index (χ1n) is 3.52. The third-order valence-corrected chi connectivity index (χ3v) is 2.19. The lowest BCUT2D eigenvalue weighted by Gasteiger charge is -2.20. The Morgan fingerprint density at radius 1 is 1.45 bits per heavy atom. The number of rotatable bonds is 0. The Hall–Kier alpha value is -0.810. The third-order valence-electron chi connectivity index (χ3n) is 2.19. The maximum atomic E-state index is 10.7. The molecule has 2 aliphatic rings. The second-order valence-electron chi connectivity index (χ2n) is 2.91. The van der Waals surface area contributed by atoms with Crippen molar-refractivity contribution in [2.75, 3.05) is 0 Å². The van der Waals surface area contributed by atoms with Crippen LogP contribution in [-0.4, -0.2) is 40.7 Å². The van der Waals surface area contributed by atoms with Crippen LogP contribution in [-0.2, 0) is 4.74 Å². The molecule has 3 N–H and O–H groups in total. The first kappa shape index (κ1) is 6.87. The van der Waals surface area contributed by atoms with Gasteiger partial charge in [0, 0.05) is 6.42 Å². The zero-order valence-corrected chi connectivity index (χ0v) is 5.73. The van der Waals surface area contributed by atoms with Crippen molar-refractivity contribution in [2.24, 2.45) is 0 Å². The molecule has 2 rings (SSSR count). The maximum absolute atomic E-state index is 10.7. The summed E-state index contributed by atoms with van der Waals surface area (Å²) in [5, 5.41) is 20.9. The van der Waals surface area contributed by atoms with E-state index in [1.165, 1.54) is 0 Å². The van der Waals surface area contributed by atoms with Gasteiger partial charge in [-0.2, -0.15) is 0 Å². The van der Waals surface area contributed by atoms with Crippen LogP contribution in [0.4, 0.5) is 4.79 Å². The smallest absolute Gasteiger partial charge is 0.407 e. The lowest BCUT2D eigenvalue weighted by Crippen LogP contribution is -2.43. The Morgan fingerprint density at radius 2 is 2.18 bits per heavy atom. The average Bonchev–Trinajstić information content (AvgIpc) is 2.16. The lowest BCUT2D eigenvalue weighted by atomic mass is 10.2. The van der Waals surface area contributed by atoms with Gasteiger partial charge in [-0.25, -0.2) is 4.79 Å². The highest BCUT2D eigenvalue weighted by Gasteiger charge is 2.47. The van der Waals surface area contributed by atoms with E-state index in [4.69, 9.17) is 4.74 Å². The third kappa shape index (κ3) is 0.883. The summed E-state index contributed by atoms with van der Waals surface area (Å²) < 4.78 is 4.70. The summed E-state index contributed by atoms with van der Waals surface area (Å²) in [5.74, 6) is 0. The molecule has 0 unspecified atom stereocenters. The molecule has 1 saturated heterocycles. The number of hydrogen-bond acceptors (Lipinski definition) is 4. The van der Waals surface area contributed by atoms with E-state index in [0.717, 1.165) is 0 Å². The highest BCUT2D eigenvalue weighted by Crippen LogP contribution is 2.26. The Balaban J connectivity index is 2.19. The van der Waals surface area contributed by atoms with Gasteiger partial charge in [-0.05, 0) is 0 Å². The number of aliphatic hydroxyl groups is 2. The molecule has 2 bridgehead atoms. The van der Waals surface area contributed by atoms with Gasteiger partial charge in [0.1, 0.15) is 18.3 Å². The van der Waals surface area contributed by atoms with Crippen molar-refractivity contribution in [1.29, 1.82) is 0 Å².